The van der Waals surface area contributed by atoms with Gasteiger partial charge in [0.2, 0.25) is 0 Å². The van der Waals surface area contributed by atoms with Crippen molar-refractivity contribution in [2.75, 3.05) is 0 Å². The van der Waals surface area contributed by atoms with Crippen LogP contribution in [0.4, 0.5) is 0 Å². The molecule has 0 saturated carbocycles. The van der Waals surface area contributed by atoms with Crippen LogP contribution in [0.25, 0.3) is 0 Å². The Morgan fingerprint density at radius 1 is 1.46 bits per heavy atom. The predicted molar refractivity (Wildman–Crippen MR) is 54.5 cm³/mol. The number of hydrogen-bond donors (Lipinski definition) is 2. The molecule has 3 heteroatoms. The van der Waals surface area contributed by atoms with Crippen LogP contribution in [0.1, 0.15) is 24.0 Å². The lowest BCUT2D eigenvalue weighted by molar-refractivity contribution is -0.138. The van der Waals surface area contributed by atoms with Gasteiger partial charge in [-0.1, -0.05) is 6.07 Å². The second kappa shape index (κ2) is 3.83. The summed E-state index contributed by atoms with van der Waals surface area (Å²) >= 11 is 4.19. The summed E-state index contributed by atoms with van der Waals surface area (Å²) in [5.41, 5.74) is 1.84. The number of thiol groups is 1. The summed E-state index contributed by atoms with van der Waals surface area (Å²) < 4.78 is 0. The largest absolute Gasteiger partial charge is 0.481 e. The van der Waals surface area contributed by atoms with Gasteiger partial charge in [-0.3, -0.25) is 4.79 Å². The smallest absolute Gasteiger partial charge is 0.310 e. The minimum absolute atomic E-state index is 0.467. The minimum Gasteiger partial charge on any atom is -0.481 e. The van der Waals surface area contributed by atoms with Gasteiger partial charge in [0.05, 0.1) is 5.92 Å². The van der Waals surface area contributed by atoms with Gasteiger partial charge in [0.25, 0.3) is 0 Å². The first-order valence-corrected chi connectivity index (χ1v) is 4.49. The zero-order chi connectivity index (χ0) is 10.0. The number of rotatable bonds is 2. The van der Waals surface area contributed by atoms with Gasteiger partial charge in [0.1, 0.15) is 0 Å². The molecule has 0 saturated heterocycles. The maximum Gasteiger partial charge on any atom is 0.310 e. The number of carboxylic acid groups (broad SMARTS) is 1. The highest BCUT2D eigenvalue weighted by atomic mass is 32.1. The Kier molecular flexibility index (Phi) is 2.98. The standard InChI is InChI=1S/C10H12O2S/c1-6-3-8(5-9(13)4-6)7(2)10(11)12/h3-5,7,13H,1-2H3,(H,11,12). The van der Waals surface area contributed by atoms with Crippen LogP contribution in [0.15, 0.2) is 23.1 Å². The third kappa shape index (κ3) is 2.49. The SMILES string of the molecule is Cc1cc(S)cc(C(C)C(=O)O)c1. The van der Waals surface area contributed by atoms with E-state index < -0.39 is 11.9 Å². The molecule has 1 aromatic carbocycles. The van der Waals surface area contributed by atoms with Crippen LogP contribution in [0.3, 0.4) is 0 Å². The molecule has 0 aliphatic rings. The summed E-state index contributed by atoms with van der Waals surface area (Å²) in [7, 11) is 0. The first-order valence-electron chi connectivity index (χ1n) is 4.04. The highest BCUT2D eigenvalue weighted by Crippen LogP contribution is 2.20. The molecule has 0 aromatic heterocycles. The molecule has 1 atom stereocenters. The number of carboxylic acids is 1. The Bertz CT molecular complexity index is 313. The third-order valence-electron chi connectivity index (χ3n) is 1.95. The van der Waals surface area contributed by atoms with Crippen LogP contribution in [0.2, 0.25) is 0 Å². The Balaban J connectivity index is 3.07. The van der Waals surface area contributed by atoms with Gasteiger partial charge in [0.15, 0.2) is 0 Å². The highest BCUT2D eigenvalue weighted by Gasteiger charge is 2.13. The van der Waals surface area contributed by atoms with Gasteiger partial charge in [-0.05, 0) is 37.1 Å². The second-order valence-corrected chi connectivity index (χ2v) is 3.68. The van der Waals surface area contributed by atoms with Gasteiger partial charge < -0.3 is 5.11 Å². The summed E-state index contributed by atoms with van der Waals surface area (Å²) in [6, 6.07) is 5.56. The molecule has 13 heavy (non-hydrogen) atoms. The first kappa shape index (κ1) is 10.1. The Morgan fingerprint density at radius 3 is 2.54 bits per heavy atom. The number of aliphatic carboxylic acids is 1. The lowest BCUT2D eigenvalue weighted by Crippen LogP contribution is -2.07. The van der Waals surface area contributed by atoms with Crippen LogP contribution in [0, 0.1) is 6.92 Å². The highest BCUT2D eigenvalue weighted by molar-refractivity contribution is 7.80. The van der Waals surface area contributed by atoms with Crippen LogP contribution in [0.5, 0.6) is 0 Å². The van der Waals surface area contributed by atoms with E-state index in [0.29, 0.717) is 0 Å². The number of carbonyl (C=O) groups is 1. The molecule has 0 aliphatic heterocycles. The zero-order valence-electron chi connectivity index (χ0n) is 7.61. The molecule has 0 bridgehead atoms. The molecule has 1 aromatic rings. The molecule has 0 radical (unpaired) electrons. The van der Waals surface area contributed by atoms with E-state index in [0.717, 1.165) is 16.0 Å². The maximum atomic E-state index is 10.7. The van der Waals surface area contributed by atoms with Crippen molar-refractivity contribution < 1.29 is 9.90 Å². The molecule has 70 valence electrons. The van der Waals surface area contributed by atoms with E-state index in [2.05, 4.69) is 12.6 Å². The van der Waals surface area contributed by atoms with Crippen molar-refractivity contribution in [1.29, 1.82) is 0 Å². The molecular weight excluding hydrogens is 184 g/mol. The van der Waals surface area contributed by atoms with Crippen molar-refractivity contribution in [1.82, 2.24) is 0 Å². The lowest BCUT2D eigenvalue weighted by atomic mass is 10.00. The molecular formula is C10H12O2S. The Hall–Kier alpha value is -0.960. The molecule has 0 amide bonds. The van der Waals surface area contributed by atoms with Crippen molar-refractivity contribution >= 4 is 18.6 Å². The van der Waals surface area contributed by atoms with E-state index in [1.165, 1.54) is 0 Å². The molecule has 0 fully saturated rings. The van der Waals surface area contributed by atoms with Gasteiger partial charge in [-0.25, -0.2) is 0 Å². The average Bonchev–Trinajstić information content (AvgIpc) is 2.01. The summed E-state index contributed by atoms with van der Waals surface area (Å²) in [5.74, 6) is -1.27. The molecule has 0 aliphatic carbocycles. The monoisotopic (exact) mass is 196 g/mol. The van der Waals surface area contributed by atoms with Gasteiger partial charge in [-0.2, -0.15) is 0 Å². The summed E-state index contributed by atoms with van der Waals surface area (Å²) in [5, 5.41) is 8.79. The van der Waals surface area contributed by atoms with Crippen molar-refractivity contribution in [2.45, 2.75) is 24.7 Å². The van der Waals surface area contributed by atoms with Gasteiger partial charge in [0, 0.05) is 4.90 Å². The predicted octanol–water partition coefficient (Wildman–Crippen LogP) is 2.47. The minimum atomic E-state index is -0.807. The topological polar surface area (TPSA) is 37.3 Å². The van der Waals surface area contributed by atoms with Crippen LogP contribution >= 0.6 is 12.6 Å². The fourth-order valence-electron chi connectivity index (χ4n) is 1.18. The molecule has 1 unspecified atom stereocenters. The number of benzene rings is 1. The maximum absolute atomic E-state index is 10.7. The molecule has 1 N–H and O–H groups in total. The Morgan fingerprint density at radius 2 is 2.08 bits per heavy atom. The average molecular weight is 196 g/mol. The van der Waals surface area contributed by atoms with Crippen molar-refractivity contribution in [2.24, 2.45) is 0 Å². The van der Waals surface area contributed by atoms with Crippen LogP contribution < -0.4 is 0 Å². The van der Waals surface area contributed by atoms with E-state index >= 15 is 0 Å². The quantitative estimate of drug-likeness (QED) is 0.713. The Labute approximate surface area is 83.0 Å². The molecule has 1 rings (SSSR count). The second-order valence-electron chi connectivity index (χ2n) is 3.16. The summed E-state index contributed by atoms with van der Waals surface area (Å²) in [4.78, 5) is 11.5. The van der Waals surface area contributed by atoms with Gasteiger partial charge >= 0.3 is 5.97 Å². The molecule has 2 nitrogen and oxygen atoms in total. The van der Waals surface area contributed by atoms with E-state index in [9.17, 15) is 4.79 Å². The summed E-state index contributed by atoms with van der Waals surface area (Å²) in [6.07, 6.45) is 0. The number of hydrogen-bond acceptors (Lipinski definition) is 2. The van der Waals surface area contributed by atoms with Crippen LogP contribution in [-0.4, -0.2) is 11.1 Å². The summed E-state index contributed by atoms with van der Waals surface area (Å²) in [6.45, 7) is 3.60. The zero-order valence-corrected chi connectivity index (χ0v) is 8.51. The first-order chi connectivity index (χ1) is 6.00. The van der Waals surface area contributed by atoms with E-state index in [1.54, 1.807) is 13.0 Å². The fraction of sp³-hybridized carbons (Fsp3) is 0.300. The number of aryl methyl sites for hydroxylation is 1. The fourth-order valence-corrected chi connectivity index (χ4v) is 1.54. The lowest BCUT2D eigenvalue weighted by Gasteiger charge is -2.08. The normalized spacial score (nSPS) is 12.5. The molecule has 0 spiro atoms. The van der Waals surface area contributed by atoms with Crippen molar-refractivity contribution in [3.8, 4) is 0 Å². The van der Waals surface area contributed by atoms with E-state index in [4.69, 9.17) is 5.11 Å². The van der Waals surface area contributed by atoms with Gasteiger partial charge in [-0.15, -0.1) is 12.6 Å². The van der Waals surface area contributed by atoms with Crippen LogP contribution in [-0.2, 0) is 4.79 Å². The molecule has 0 heterocycles. The van der Waals surface area contributed by atoms with E-state index in [1.807, 2.05) is 19.1 Å². The van der Waals surface area contributed by atoms with Crippen molar-refractivity contribution in [3.63, 3.8) is 0 Å². The third-order valence-corrected chi connectivity index (χ3v) is 2.21. The van der Waals surface area contributed by atoms with E-state index in [-0.39, 0.29) is 0 Å². The van der Waals surface area contributed by atoms with Crippen molar-refractivity contribution in [3.05, 3.63) is 29.3 Å².